The molecular formula is C23H31N7O4S. The number of amides is 1. The highest BCUT2D eigenvalue weighted by atomic mass is 32.2. The van der Waals surface area contributed by atoms with Gasteiger partial charge in [-0.25, -0.2) is 19.9 Å². The van der Waals surface area contributed by atoms with Gasteiger partial charge in [0.05, 0.1) is 36.5 Å². The Morgan fingerprint density at radius 3 is 2.54 bits per heavy atom. The maximum atomic E-state index is 12.1. The molecule has 12 heteroatoms. The highest BCUT2D eigenvalue weighted by Gasteiger charge is 2.33. The number of carbonyl (C=O) groups is 1. The average molecular weight is 502 g/mol. The molecule has 2 aromatic rings. The van der Waals surface area contributed by atoms with Gasteiger partial charge in [0.2, 0.25) is 0 Å². The van der Waals surface area contributed by atoms with Gasteiger partial charge < -0.3 is 24.4 Å². The van der Waals surface area contributed by atoms with Crippen molar-refractivity contribution in [1.82, 2.24) is 29.7 Å². The maximum absolute atomic E-state index is 12.1. The largest absolute Gasteiger partial charge is 0.467 e. The molecule has 35 heavy (non-hydrogen) atoms. The third-order valence-electron chi connectivity index (χ3n) is 6.51. The third-order valence-corrected chi connectivity index (χ3v) is 7.81. The molecule has 3 aliphatic rings. The van der Waals surface area contributed by atoms with E-state index in [0.29, 0.717) is 43.4 Å². The molecule has 2 saturated heterocycles. The molecule has 2 aromatic heterocycles. The SMILES string of the molecule is COc1ncc(-c2nc3c(c(N4CCOCC4)n2)SC(CN2CCN(C(=O)[C@H](C)O)CC2)C3)cn1. The number of hydrogen-bond acceptors (Lipinski definition) is 11. The number of thioether (sulfide) groups is 1. The second-order valence-electron chi connectivity index (χ2n) is 8.95. The number of aliphatic hydroxyl groups is 1. The van der Waals surface area contributed by atoms with Gasteiger partial charge in [-0.3, -0.25) is 9.69 Å². The first-order valence-corrected chi connectivity index (χ1v) is 12.9. The van der Waals surface area contributed by atoms with E-state index in [2.05, 4.69) is 19.8 Å². The molecule has 5 heterocycles. The standard InChI is InChI=1S/C23H31N7O4S/c1-15(31)22(32)30-5-3-28(4-6-30)14-17-11-18-19(35-17)21(29-7-9-34-10-8-29)27-20(26-18)16-12-24-23(33-2)25-13-16/h12-13,15,17,31H,3-11,14H2,1-2H3/t15-,17?/m0/s1. The van der Waals surface area contributed by atoms with Crippen LogP contribution in [0.1, 0.15) is 12.6 Å². The van der Waals surface area contributed by atoms with E-state index in [1.165, 1.54) is 6.92 Å². The van der Waals surface area contributed by atoms with E-state index < -0.39 is 6.10 Å². The fraction of sp³-hybridized carbons (Fsp3) is 0.609. The smallest absolute Gasteiger partial charge is 0.316 e. The Morgan fingerprint density at radius 1 is 1.17 bits per heavy atom. The van der Waals surface area contributed by atoms with Crippen molar-refractivity contribution in [3.8, 4) is 17.4 Å². The Kier molecular flexibility index (Phi) is 7.32. The molecule has 0 spiro atoms. The van der Waals surface area contributed by atoms with Gasteiger partial charge in [-0.15, -0.1) is 11.8 Å². The van der Waals surface area contributed by atoms with Crippen molar-refractivity contribution in [3.05, 3.63) is 18.1 Å². The lowest BCUT2D eigenvalue weighted by Crippen LogP contribution is -2.52. The normalized spacial score (nSPS) is 21.6. The molecule has 0 saturated carbocycles. The first kappa shape index (κ1) is 24.2. The summed E-state index contributed by atoms with van der Waals surface area (Å²) in [6.07, 6.45) is 3.31. The summed E-state index contributed by atoms with van der Waals surface area (Å²) >= 11 is 1.85. The summed E-state index contributed by atoms with van der Waals surface area (Å²) < 4.78 is 10.7. The molecule has 2 atom stereocenters. The lowest BCUT2D eigenvalue weighted by molar-refractivity contribution is -0.141. The number of aliphatic hydroxyl groups excluding tert-OH is 1. The van der Waals surface area contributed by atoms with Crippen molar-refractivity contribution >= 4 is 23.5 Å². The monoisotopic (exact) mass is 501 g/mol. The minimum absolute atomic E-state index is 0.187. The number of fused-ring (bicyclic) bond motifs is 1. The van der Waals surface area contributed by atoms with E-state index in [1.807, 2.05) is 11.8 Å². The van der Waals surface area contributed by atoms with Crippen LogP contribution in [0, 0.1) is 0 Å². The first-order chi connectivity index (χ1) is 17.0. The lowest BCUT2D eigenvalue weighted by Gasteiger charge is -2.36. The topological polar surface area (TPSA) is 117 Å². The first-order valence-electron chi connectivity index (χ1n) is 12.0. The van der Waals surface area contributed by atoms with Crippen LogP contribution in [0.4, 0.5) is 5.82 Å². The molecule has 0 radical (unpaired) electrons. The molecule has 1 unspecified atom stereocenters. The number of carbonyl (C=O) groups excluding carboxylic acids is 1. The quantitative estimate of drug-likeness (QED) is 0.590. The van der Waals surface area contributed by atoms with E-state index in [4.69, 9.17) is 19.4 Å². The molecule has 11 nitrogen and oxygen atoms in total. The Hall–Kier alpha value is -2.54. The van der Waals surface area contributed by atoms with Crippen molar-refractivity contribution < 1.29 is 19.4 Å². The second kappa shape index (κ2) is 10.6. The molecule has 3 aliphatic heterocycles. The highest BCUT2D eigenvalue weighted by molar-refractivity contribution is 8.00. The number of aromatic nitrogens is 4. The van der Waals surface area contributed by atoms with E-state index in [0.717, 1.165) is 61.1 Å². The highest BCUT2D eigenvalue weighted by Crippen LogP contribution is 2.43. The van der Waals surface area contributed by atoms with Crippen LogP contribution in [-0.4, -0.2) is 118 Å². The van der Waals surface area contributed by atoms with Gasteiger partial charge in [0.1, 0.15) is 11.9 Å². The summed E-state index contributed by atoms with van der Waals surface area (Å²) in [6, 6.07) is 0.314. The van der Waals surface area contributed by atoms with E-state index in [1.54, 1.807) is 24.4 Å². The van der Waals surface area contributed by atoms with Crippen molar-refractivity contribution in [2.24, 2.45) is 0 Å². The van der Waals surface area contributed by atoms with Crippen LogP contribution in [0.3, 0.4) is 0 Å². The van der Waals surface area contributed by atoms with Crippen LogP contribution in [-0.2, 0) is 16.0 Å². The fourth-order valence-corrected chi connectivity index (χ4v) is 6.03. The summed E-state index contributed by atoms with van der Waals surface area (Å²) in [5.41, 5.74) is 1.82. The summed E-state index contributed by atoms with van der Waals surface area (Å²) in [5.74, 6) is 1.40. The van der Waals surface area contributed by atoms with Crippen LogP contribution >= 0.6 is 11.8 Å². The predicted octanol–water partition coefficient (Wildman–Crippen LogP) is 0.321. The number of rotatable bonds is 6. The van der Waals surface area contributed by atoms with Gasteiger partial charge in [0.15, 0.2) is 5.82 Å². The van der Waals surface area contributed by atoms with Gasteiger partial charge in [-0.05, 0) is 6.92 Å². The average Bonchev–Trinajstić information content (AvgIpc) is 3.31. The molecule has 0 aromatic carbocycles. The minimum Gasteiger partial charge on any atom is -0.467 e. The van der Waals surface area contributed by atoms with Gasteiger partial charge in [-0.2, -0.15) is 0 Å². The number of anilines is 1. The third kappa shape index (κ3) is 5.35. The van der Waals surface area contributed by atoms with Gasteiger partial charge in [0, 0.05) is 69.9 Å². The van der Waals surface area contributed by atoms with Gasteiger partial charge >= 0.3 is 6.01 Å². The minimum atomic E-state index is -0.941. The maximum Gasteiger partial charge on any atom is 0.316 e. The van der Waals surface area contributed by atoms with Crippen molar-refractivity contribution in [1.29, 1.82) is 0 Å². The zero-order valence-corrected chi connectivity index (χ0v) is 20.9. The molecule has 0 aliphatic carbocycles. The molecule has 0 bridgehead atoms. The van der Waals surface area contributed by atoms with Crippen molar-refractivity contribution in [3.63, 3.8) is 0 Å². The summed E-state index contributed by atoms with van der Waals surface area (Å²) in [7, 11) is 1.54. The van der Waals surface area contributed by atoms with Crippen molar-refractivity contribution in [2.45, 2.75) is 29.6 Å². The second-order valence-corrected chi connectivity index (χ2v) is 10.3. The predicted molar refractivity (Wildman–Crippen MR) is 131 cm³/mol. The zero-order valence-electron chi connectivity index (χ0n) is 20.1. The van der Waals surface area contributed by atoms with Crippen LogP contribution in [0.25, 0.3) is 11.4 Å². The Bertz CT molecular complexity index is 1040. The number of morpholine rings is 1. The number of piperazine rings is 1. The van der Waals surface area contributed by atoms with Gasteiger partial charge in [0.25, 0.3) is 5.91 Å². The molecule has 1 amide bonds. The van der Waals surface area contributed by atoms with Crippen LogP contribution in [0.15, 0.2) is 17.3 Å². The summed E-state index contributed by atoms with van der Waals surface area (Å²) in [5, 5.41) is 9.95. The van der Waals surface area contributed by atoms with E-state index in [9.17, 15) is 9.90 Å². The molecular weight excluding hydrogens is 470 g/mol. The van der Waals surface area contributed by atoms with Crippen LogP contribution < -0.4 is 9.64 Å². The van der Waals surface area contributed by atoms with E-state index >= 15 is 0 Å². The van der Waals surface area contributed by atoms with Crippen LogP contribution in [0.2, 0.25) is 0 Å². The Labute approximate surface area is 208 Å². The number of ether oxygens (including phenoxy) is 2. The number of methoxy groups -OCH3 is 1. The number of hydrogen-bond donors (Lipinski definition) is 1. The molecule has 188 valence electrons. The molecule has 2 fully saturated rings. The lowest BCUT2D eigenvalue weighted by atomic mass is 10.2. The molecule has 1 N–H and O–H groups in total. The van der Waals surface area contributed by atoms with E-state index in [-0.39, 0.29) is 5.91 Å². The number of nitrogens with zero attached hydrogens (tertiary/aromatic N) is 7. The zero-order chi connectivity index (χ0) is 24.4. The van der Waals surface area contributed by atoms with Crippen LogP contribution in [0.5, 0.6) is 6.01 Å². The Balaban J connectivity index is 1.32. The fourth-order valence-electron chi connectivity index (χ4n) is 4.63. The molecule has 5 rings (SSSR count). The van der Waals surface area contributed by atoms with Gasteiger partial charge in [-0.1, -0.05) is 0 Å². The Morgan fingerprint density at radius 2 is 1.89 bits per heavy atom. The summed E-state index contributed by atoms with van der Waals surface area (Å²) in [6.45, 7) is 8.32. The summed E-state index contributed by atoms with van der Waals surface area (Å²) in [4.78, 5) is 38.0. The van der Waals surface area contributed by atoms with Crippen molar-refractivity contribution in [2.75, 3.05) is 71.0 Å².